The zero-order valence-corrected chi connectivity index (χ0v) is 19.7. The Morgan fingerprint density at radius 1 is 1.00 bits per heavy atom. The fraction of sp³-hybridized carbons (Fsp3) is 0.240. The van der Waals surface area contributed by atoms with Crippen molar-refractivity contribution in [3.8, 4) is 0 Å². The number of nitrogens with zero attached hydrogens (tertiary/aromatic N) is 2. The lowest BCUT2D eigenvalue weighted by atomic mass is 10.0. The lowest BCUT2D eigenvalue weighted by Crippen LogP contribution is -2.13. The highest BCUT2D eigenvalue weighted by Gasteiger charge is 2.21. The van der Waals surface area contributed by atoms with Gasteiger partial charge < -0.3 is 0 Å². The molecule has 4 aromatic rings. The average molecular weight is 463 g/mol. The van der Waals surface area contributed by atoms with Crippen LogP contribution in [-0.2, 0) is 18.6 Å². The second-order valence-corrected chi connectivity index (χ2v) is 11.5. The standard InChI is InChI=1S/C25H22N2OS3/c1-16(23(28)20-13-12-17-7-4-9-19(17)14-20)30-25-27-26-24(31-25)29-15-21-10-5-8-18-6-2-3-11-22(18)21/h2-3,5-6,8,10-14,16H,4,7,9,15H2,1H3. The van der Waals surface area contributed by atoms with E-state index in [-0.39, 0.29) is 11.0 Å². The maximum absolute atomic E-state index is 12.9. The third kappa shape index (κ3) is 4.56. The lowest BCUT2D eigenvalue weighted by Gasteiger charge is -2.09. The number of benzene rings is 3. The Morgan fingerprint density at radius 2 is 1.81 bits per heavy atom. The van der Waals surface area contributed by atoms with Gasteiger partial charge in [0.2, 0.25) is 0 Å². The number of hydrogen-bond donors (Lipinski definition) is 0. The van der Waals surface area contributed by atoms with Crippen molar-refractivity contribution in [2.24, 2.45) is 0 Å². The first-order chi connectivity index (χ1) is 15.2. The minimum Gasteiger partial charge on any atom is -0.293 e. The third-order valence-corrected chi connectivity index (χ3v) is 8.94. The number of thioether (sulfide) groups is 2. The smallest absolute Gasteiger partial charge is 0.175 e. The van der Waals surface area contributed by atoms with Gasteiger partial charge in [0.25, 0.3) is 0 Å². The molecule has 0 amide bonds. The van der Waals surface area contributed by atoms with Crippen molar-refractivity contribution in [1.29, 1.82) is 0 Å². The molecule has 0 bridgehead atoms. The Hall–Kier alpha value is -2.15. The van der Waals surface area contributed by atoms with Crippen LogP contribution in [0.1, 0.15) is 40.4 Å². The number of carbonyl (C=O) groups is 1. The molecular formula is C25H22N2OS3. The zero-order valence-electron chi connectivity index (χ0n) is 17.2. The first-order valence-corrected chi connectivity index (χ1v) is 13.1. The van der Waals surface area contributed by atoms with E-state index in [0.717, 1.165) is 32.8 Å². The Labute approximate surface area is 194 Å². The van der Waals surface area contributed by atoms with E-state index in [9.17, 15) is 4.79 Å². The number of hydrogen-bond acceptors (Lipinski definition) is 6. The molecule has 1 aliphatic carbocycles. The predicted molar refractivity (Wildman–Crippen MR) is 132 cm³/mol. The van der Waals surface area contributed by atoms with E-state index in [1.54, 1.807) is 23.1 Å². The van der Waals surface area contributed by atoms with Gasteiger partial charge in [-0.2, -0.15) is 0 Å². The first-order valence-electron chi connectivity index (χ1n) is 10.4. The molecule has 0 radical (unpaired) electrons. The van der Waals surface area contributed by atoms with Crippen molar-refractivity contribution in [2.45, 2.75) is 45.9 Å². The Kier molecular flexibility index (Phi) is 6.12. The molecule has 0 saturated heterocycles. The van der Waals surface area contributed by atoms with Gasteiger partial charge in [-0.3, -0.25) is 4.79 Å². The van der Waals surface area contributed by atoms with Crippen LogP contribution in [0.3, 0.4) is 0 Å². The van der Waals surface area contributed by atoms with E-state index < -0.39 is 0 Å². The molecule has 0 fully saturated rings. The van der Waals surface area contributed by atoms with E-state index in [1.807, 2.05) is 13.0 Å². The molecule has 0 aliphatic heterocycles. The molecule has 156 valence electrons. The van der Waals surface area contributed by atoms with Gasteiger partial charge in [0.15, 0.2) is 14.5 Å². The van der Waals surface area contributed by atoms with Gasteiger partial charge >= 0.3 is 0 Å². The SMILES string of the molecule is CC(Sc1nnc(SCc2cccc3ccccc23)s1)C(=O)c1ccc2c(c1)CCC2. The summed E-state index contributed by atoms with van der Waals surface area (Å²) in [6.07, 6.45) is 3.42. The molecule has 6 heteroatoms. The van der Waals surface area contributed by atoms with Crippen LogP contribution in [-0.4, -0.2) is 21.2 Å². The fourth-order valence-electron chi connectivity index (χ4n) is 4.03. The highest BCUT2D eigenvalue weighted by Crippen LogP contribution is 2.35. The second kappa shape index (κ2) is 9.15. The van der Waals surface area contributed by atoms with Gasteiger partial charge in [-0.05, 0) is 59.7 Å². The van der Waals surface area contributed by atoms with Crippen LogP contribution in [0.5, 0.6) is 0 Å². The highest BCUT2D eigenvalue weighted by atomic mass is 32.2. The van der Waals surface area contributed by atoms with E-state index >= 15 is 0 Å². The summed E-state index contributed by atoms with van der Waals surface area (Å²) in [7, 11) is 0. The van der Waals surface area contributed by atoms with Gasteiger partial charge in [-0.25, -0.2) is 0 Å². The van der Waals surface area contributed by atoms with Crippen molar-refractivity contribution in [2.75, 3.05) is 0 Å². The molecule has 5 rings (SSSR count). The predicted octanol–water partition coefficient (Wildman–Crippen LogP) is 6.84. The molecule has 1 aromatic heterocycles. The molecule has 31 heavy (non-hydrogen) atoms. The van der Waals surface area contributed by atoms with Gasteiger partial charge in [0.1, 0.15) is 0 Å². The summed E-state index contributed by atoms with van der Waals surface area (Å²) in [5, 5.41) is 11.0. The van der Waals surface area contributed by atoms with Crippen LogP contribution >= 0.6 is 34.9 Å². The highest BCUT2D eigenvalue weighted by molar-refractivity contribution is 8.03. The number of carbonyl (C=O) groups excluding carboxylic acids is 1. The van der Waals surface area contributed by atoms with Crippen molar-refractivity contribution >= 4 is 51.4 Å². The van der Waals surface area contributed by atoms with E-state index in [1.165, 1.54) is 45.6 Å². The van der Waals surface area contributed by atoms with Crippen LogP contribution < -0.4 is 0 Å². The summed E-state index contributed by atoms with van der Waals surface area (Å²) in [5.41, 5.74) is 4.85. The maximum atomic E-state index is 12.9. The molecule has 0 spiro atoms. The van der Waals surface area contributed by atoms with E-state index in [0.29, 0.717) is 0 Å². The summed E-state index contributed by atoms with van der Waals surface area (Å²) in [6, 6.07) is 21.1. The maximum Gasteiger partial charge on any atom is 0.175 e. The minimum atomic E-state index is -0.177. The normalized spacial score (nSPS) is 14.0. The number of aromatic nitrogens is 2. The van der Waals surface area contributed by atoms with Crippen molar-refractivity contribution in [3.05, 3.63) is 82.9 Å². The van der Waals surface area contributed by atoms with Crippen molar-refractivity contribution in [1.82, 2.24) is 10.2 Å². The quantitative estimate of drug-likeness (QED) is 0.222. The molecule has 1 atom stereocenters. The molecular weight excluding hydrogens is 440 g/mol. The first kappa shape index (κ1) is 20.7. The largest absolute Gasteiger partial charge is 0.293 e. The van der Waals surface area contributed by atoms with Crippen molar-refractivity contribution in [3.63, 3.8) is 0 Å². The Morgan fingerprint density at radius 3 is 2.74 bits per heavy atom. The van der Waals surface area contributed by atoms with Crippen LogP contribution in [0.25, 0.3) is 10.8 Å². The molecule has 1 aliphatic rings. The second-order valence-electron chi connectivity index (χ2n) is 7.72. The van der Waals surface area contributed by atoms with Crippen molar-refractivity contribution < 1.29 is 4.79 Å². The van der Waals surface area contributed by atoms with Crippen LogP contribution in [0.2, 0.25) is 0 Å². The lowest BCUT2D eigenvalue weighted by molar-refractivity contribution is 0.0994. The molecule has 0 N–H and O–H groups in total. The van der Waals surface area contributed by atoms with E-state index in [2.05, 4.69) is 64.8 Å². The van der Waals surface area contributed by atoms with Gasteiger partial charge in [-0.15, -0.1) is 10.2 Å². The van der Waals surface area contributed by atoms with Crippen LogP contribution in [0.15, 0.2) is 69.3 Å². The summed E-state index contributed by atoms with van der Waals surface area (Å²) >= 11 is 4.78. The molecule has 1 unspecified atom stereocenters. The van der Waals surface area contributed by atoms with Crippen LogP contribution in [0.4, 0.5) is 0 Å². The topological polar surface area (TPSA) is 42.9 Å². The number of fused-ring (bicyclic) bond motifs is 2. The van der Waals surface area contributed by atoms with Crippen LogP contribution in [0, 0.1) is 0 Å². The van der Waals surface area contributed by atoms with E-state index in [4.69, 9.17) is 0 Å². The zero-order chi connectivity index (χ0) is 21.2. The average Bonchev–Trinajstić information content (AvgIpc) is 3.45. The summed E-state index contributed by atoms with van der Waals surface area (Å²) in [5.74, 6) is 1.02. The molecule has 0 saturated carbocycles. The molecule has 1 heterocycles. The number of ketones is 1. The number of Topliss-reactive ketones (excluding diaryl/α,β-unsaturated/α-hetero) is 1. The van der Waals surface area contributed by atoms with Gasteiger partial charge in [0, 0.05) is 11.3 Å². The summed E-state index contributed by atoms with van der Waals surface area (Å²) in [4.78, 5) is 12.9. The fourth-order valence-corrected chi connectivity index (χ4v) is 7.27. The minimum absolute atomic E-state index is 0.167. The van der Waals surface area contributed by atoms with Gasteiger partial charge in [-0.1, -0.05) is 89.5 Å². The number of aryl methyl sites for hydroxylation is 2. The molecule has 3 nitrogen and oxygen atoms in total. The Balaban J connectivity index is 1.23. The summed E-state index contributed by atoms with van der Waals surface area (Å²) < 4.78 is 1.79. The Bertz CT molecular complexity index is 1250. The third-order valence-electron chi connectivity index (χ3n) is 5.65. The molecule has 3 aromatic carbocycles. The summed E-state index contributed by atoms with van der Waals surface area (Å²) in [6.45, 7) is 1.96. The monoisotopic (exact) mass is 462 g/mol. The number of rotatable bonds is 7. The van der Waals surface area contributed by atoms with Gasteiger partial charge in [0.05, 0.1) is 5.25 Å².